The highest BCUT2D eigenvalue weighted by molar-refractivity contribution is 6.04. The molecule has 6 heteroatoms. The molecule has 1 heterocycles. The number of nitrogens with one attached hydrogen (secondary N) is 1. The number of fused-ring (bicyclic) bond motifs is 2. The molecule has 0 radical (unpaired) electrons. The normalized spacial score (nSPS) is 12.5. The first-order valence-corrected chi connectivity index (χ1v) is 9.04. The summed E-state index contributed by atoms with van der Waals surface area (Å²) in [7, 11) is 1.61. The van der Waals surface area contributed by atoms with Crippen molar-refractivity contribution in [3.8, 4) is 23.3 Å². The third-order valence-corrected chi connectivity index (χ3v) is 4.69. The SMILES string of the molecule is COc1ccc(/C=C(\C#N)C(=O)NCc2ccc3c(c2)OCO3)c2ccccc12. The fraction of sp³-hybridized carbons (Fsp3) is 0.130. The van der Waals surface area contributed by atoms with Gasteiger partial charge in [0.05, 0.1) is 7.11 Å². The molecular formula is C23H18N2O4. The monoisotopic (exact) mass is 386 g/mol. The minimum Gasteiger partial charge on any atom is -0.496 e. The number of carbonyl (C=O) groups is 1. The third kappa shape index (κ3) is 3.71. The molecule has 0 bridgehead atoms. The van der Waals surface area contributed by atoms with E-state index in [-0.39, 0.29) is 18.9 Å². The standard InChI is InChI=1S/C23H18N2O4/c1-27-20-9-7-16(18-4-2-3-5-19(18)20)11-17(12-24)23(26)25-13-15-6-8-21-22(10-15)29-14-28-21/h2-11H,13-14H2,1H3,(H,25,26)/b17-11+. The van der Waals surface area contributed by atoms with Crippen molar-refractivity contribution in [1.82, 2.24) is 5.32 Å². The van der Waals surface area contributed by atoms with Crippen LogP contribution in [0.15, 0.2) is 60.2 Å². The van der Waals surface area contributed by atoms with E-state index in [1.54, 1.807) is 19.3 Å². The predicted octanol–water partition coefficient (Wildman–Crippen LogP) is 3.80. The molecule has 0 spiro atoms. The highest BCUT2D eigenvalue weighted by Gasteiger charge is 2.15. The molecule has 1 aliphatic heterocycles. The molecule has 6 nitrogen and oxygen atoms in total. The van der Waals surface area contributed by atoms with Crippen LogP contribution in [-0.4, -0.2) is 19.8 Å². The van der Waals surface area contributed by atoms with Gasteiger partial charge in [0.25, 0.3) is 5.91 Å². The van der Waals surface area contributed by atoms with Gasteiger partial charge in [0.15, 0.2) is 11.5 Å². The van der Waals surface area contributed by atoms with Gasteiger partial charge in [-0.2, -0.15) is 5.26 Å². The van der Waals surface area contributed by atoms with Gasteiger partial charge >= 0.3 is 0 Å². The Morgan fingerprint density at radius 2 is 1.93 bits per heavy atom. The molecule has 4 rings (SSSR count). The number of rotatable bonds is 5. The number of nitriles is 1. The van der Waals surface area contributed by atoms with Gasteiger partial charge < -0.3 is 19.5 Å². The van der Waals surface area contributed by atoms with E-state index in [2.05, 4.69) is 5.32 Å². The average molecular weight is 386 g/mol. The first-order chi connectivity index (χ1) is 14.2. The molecule has 0 atom stereocenters. The van der Waals surface area contributed by atoms with Crippen LogP contribution in [0, 0.1) is 11.3 Å². The second kappa shape index (κ2) is 7.95. The van der Waals surface area contributed by atoms with E-state index in [1.165, 1.54) is 0 Å². The number of nitrogens with zero attached hydrogens (tertiary/aromatic N) is 1. The Morgan fingerprint density at radius 1 is 1.14 bits per heavy atom. The summed E-state index contributed by atoms with van der Waals surface area (Å²) in [6, 6.07) is 18.8. The van der Waals surface area contributed by atoms with E-state index in [0.717, 1.165) is 27.6 Å². The number of ether oxygens (including phenoxy) is 3. The summed E-state index contributed by atoms with van der Waals surface area (Å²) in [5, 5.41) is 14.1. The number of benzene rings is 3. The Labute approximate surface area is 167 Å². The van der Waals surface area contributed by atoms with Crippen molar-refractivity contribution in [2.24, 2.45) is 0 Å². The second-order valence-corrected chi connectivity index (χ2v) is 6.44. The van der Waals surface area contributed by atoms with Gasteiger partial charge in [0.1, 0.15) is 17.4 Å². The quantitative estimate of drug-likeness (QED) is 0.533. The topological polar surface area (TPSA) is 80.6 Å². The number of hydrogen-bond donors (Lipinski definition) is 1. The van der Waals surface area contributed by atoms with Crippen LogP contribution in [0.2, 0.25) is 0 Å². The summed E-state index contributed by atoms with van der Waals surface area (Å²) >= 11 is 0. The Morgan fingerprint density at radius 3 is 2.72 bits per heavy atom. The largest absolute Gasteiger partial charge is 0.496 e. The Hall–Kier alpha value is -3.98. The van der Waals surface area contributed by atoms with E-state index in [0.29, 0.717) is 11.5 Å². The van der Waals surface area contributed by atoms with E-state index < -0.39 is 5.91 Å². The van der Waals surface area contributed by atoms with Gasteiger partial charge in [-0.05, 0) is 40.8 Å². The molecule has 29 heavy (non-hydrogen) atoms. The van der Waals surface area contributed by atoms with Crippen molar-refractivity contribution >= 4 is 22.8 Å². The maximum Gasteiger partial charge on any atom is 0.262 e. The Balaban J connectivity index is 1.56. The lowest BCUT2D eigenvalue weighted by atomic mass is 10.0. The van der Waals surface area contributed by atoms with Gasteiger partial charge in [0, 0.05) is 11.9 Å². The first kappa shape index (κ1) is 18.4. The van der Waals surface area contributed by atoms with Gasteiger partial charge in [-0.1, -0.05) is 36.4 Å². The van der Waals surface area contributed by atoms with Crippen LogP contribution >= 0.6 is 0 Å². The first-order valence-electron chi connectivity index (χ1n) is 9.04. The van der Waals surface area contributed by atoms with Crippen molar-refractivity contribution in [2.45, 2.75) is 6.54 Å². The molecule has 0 unspecified atom stereocenters. The molecule has 0 fully saturated rings. The van der Waals surface area contributed by atoms with Crippen LogP contribution in [0.4, 0.5) is 0 Å². The van der Waals surface area contributed by atoms with Crippen LogP contribution in [-0.2, 0) is 11.3 Å². The number of amides is 1. The van der Waals surface area contributed by atoms with E-state index in [1.807, 2.05) is 54.6 Å². The zero-order valence-electron chi connectivity index (χ0n) is 15.8. The minimum atomic E-state index is -0.440. The lowest BCUT2D eigenvalue weighted by Gasteiger charge is -2.09. The summed E-state index contributed by atoms with van der Waals surface area (Å²) < 4.78 is 16.0. The molecule has 0 saturated carbocycles. The molecule has 1 N–H and O–H groups in total. The van der Waals surface area contributed by atoms with Crippen molar-refractivity contribution in [3.63, 3.8) is 0 Å². The van der Waals surface area contributed by atoms with Crippen molar-refractivity contribution < 1.29 is 19.0 Å². The summed E-state index contributed by atoms with van der Waals surface area (Å²) in [4.78, 5) is 12.6. The van der Waals surface area contributed by atoms with Gasteiger partial charge in [-0.15, -0.1) is 0 Å². The molecule has 3 aromatic rings. The third-order valence-electron chi connectivity index (χ3n) is 4.69. The van der Waals surface area contributed by atoms with Gasteiger partial charge in [-0.25, -0.2) is 0 Å². The maximum atomic E-state index is 12.6. The fourth-order valence-electron chi connectivity index (χ4n) is 3.23. The van der Waals surface area contributed by atoms with E-state index in [9.17, 15) is 10.1 Å². The molecule has 1 amide bonds. The fourth-order valence-corrected chi connectivity index (χ4v) is 3.23. The maximum absolute atomic E-state index is 12.6. The molecule has 144 valence electrons. The zero-order valence-corrected chi connectivity index (χ0v) is 15.8. The second-order valence-electron chi connectivity index (χ2n) is 6.44. The van der Waals surface area contributed by atoms with Crippen LogP contribution in [0.5, 0.6) is 17.2 Å². The van der Waals surface area contributed by atoms with Crippen molar-refractivity contribution in [3.05, 3.63) is 71.3 Å². The van der Waals surface area contributed by atoms with Crippen LogP contribution in [0.3, 0.4) is 0 Å². The highest BCUT2D eigenvalue weighted by atomic mass is 16.7. The van der Waals surface area contributed by atoms with E-state index >= 15 is 0 Å². The van der Waals surface area contributed by atoms with E-state index in [4.69, 9.17) is 14.2 Å². The van der Waals surface area contributed by atoms with Crippen molar-refractivity contribution in [2.75, 3.05) is 13.9 Å². The Bertz CT molecular complexity index is 1160. The molecule has 1 aliphatic rings. The number of methoxy groups -OCH3 is 1. The summed E-state index contributed by atoms with van der Waals surface area (Å²) in [6.07, 6.45) is 1.59. The summed E-state index contributed by atoms with van der Waals surface area (Å²) in [5.41, 5.74) is 1.66. The van der Waals surface area contributed by atoms with Gasteiger partial charge in [0.2, 0.25) is 6.79 Å². The number of carbonyl (C=O) groups excluding carboxylic acids is 1. The van der Waals surface area contributed by atoms with Crippen molar-refractivity contribution in [1.29, 1.82) is 5.26 Å². The lowest BCUT2D eigenvalue weighted by molar-refractivity contribution is -0.117. The summed E-state index contributed by atoms with van der Waals surface area (Å²) in [6.45, 7) is 0.472. The predicted molar refractivity (Wildman–Crippen MR) is 109 cm³/mol. The molecular weight excluding hydrogens is 368 g/mol. The summed E-state index contributed by atoms with van der Waals surface area (Å²) in [5.74, 6) is 1.63. The van der Waals surface area contributed by atoms with Crippen LogP contribution in [0.1, 0.15) is 11.1 Å². The average Bonchev–Trinajstić information content (AvgIpc) is 3.23. The molecule has 3 aromatic carbocycles. The highest BCUT2D eigenvalue weighted by Crippen LogP contribution is 2.32. The van der Waals surface area contributed by atoms with Crippen LogP contribution < -0.4 is 19.5 Å². The molecule has 0 aromatic heterocycles. The Kier molecular flexibility index (Phi) is 5.04. The molecule has 0 aliphatic carbocycles. The molecule has 0 saturated heterocycles. The van der Waals surface area contributed by atoms with Crippen LogP contribution in [0.25, 0.3) is 16.8 Å². The van der Waals surface area contributed by atoms with Gasteiger partial charge in [-0.3, -0.25) is 4.79 Å². The zero-order chi connectivity index (χ0) is 20.2. The lowest BCUT2D eigenvalue weighted by Crippen LogP contribution is -2.23. The number of hydrogen-bond acceptors (Lipinski definition) is 5. The smallest absolute Gasteiger partial charge is 0.262 e. The minimum absolute atomic E-state index is 0.0288.